The molecule has 4 atom stereocenters. The zero-order chi connectivity index (χ0) is 25.8. The molecule has 2 saturated heterocycles. The normalized spacial score (nSPS) is 26.9. The van der Waals surface area contributed by atoms with Crippen LogP contribution in [0.5, 0.6) is 0 Å². The Kier molecular flexibility index (Phi) is 7.37. The average molecular weight is 568 g/mol. The van der Waals surface area contributed by atoms with Gasteiger partial charge in [0.05, 0.1) is 21.0 Å². The Morgan fingerprint density at radius 2 is 1.91 bits per heavy atom. The first kappa shape index (κ1) is 26.9. The van der Waals surface area contributed by atoms with Crippen LogP contribution in [0.1, 0.15) is 6.23 Å². The van der Waals surface area contributed by atoms with E-state index in [1.54, 1.807) is 0 Å². The molecular weight excluding hydrogens is 540 g/mol. The van der Waals surface area contributed by atoms with E-state index in [0.717, 1.165) is 25.2 Å². The van der Waals surface area contributed by atoms with E-state index in [2.05, 4.69) is 39.5 Å². The van der Waals surface area contributed by atoms with Gasteiger partial charge in [0, 0.05) is 13.1 Å². The number of aliphatic hydroxyl groups excluding tert-OH is 1. The third-order valence-corrected chi connectivity index (χ3v) is 13.0. The molecule has 0 bridgehead atoms. The Morgan fingerprint density at radius 3 is 2.54 bits per heavy atom. The van der Waals surface area contributed by atoms with E-state index in [-0.39, 0.29) is 10.9 Å². The molecule has 2 aliphatic heterocycles. The third kappa shape index (κ3) is 6.04. The van der Waals surface area contributed by atoms with Crippen molar-refractivity contribution in [1.82, 2.24) is 19.5 Å². The Labute approximate surface area is 207 Å². The van der Waals surface area contributed by atoms with Gasteiger partial charge >= 0.3 is 15.2 Å². The molecule has 0 aliphatic carbocycles. The molecule has 35 heavy (non-hydrogen) atoms. The Hall–Kier alpha value is -1.18. The smallest absolute Gasteiger partial charge is 0.340 e. The van der Waals surface area contributed by atoms with Gasteiger partial charge in [0.1, 0.15) is 12.2 Å². The van der Waals surface area contributed by atoms with Crippen molar-refractivity contribution >= 4 is 51.8 Å². The van der Waals surface area contributed by atoms with Gasteiger partial charge in [0.2, 0.25) is 5.28 Å². The molecule has 13 nitrogen and oxygen atoms in total. The van der Waals surface area contributed by atoms with Crippen LogP contribution in [-0.4, -0.2) is 85.2 Å². The first-order valence-electron chi connectivity index (χ1n) is 10.8. The zero-order valence-electron chi connectivity index (χ0n) is 19.2. The Bertz CT molecular complexity index is 1230. The molecule has 0 amide bonds. The molecule has 2 aromatic rings. The fourth-order valence-corrected chi connectivity index (χ4v) is 8.85. The molecule has 2 fully saturated rings. The topological polar surface area (TPSA) is 180 Å². The maximum Gasteiger partial charge on any atom is 0.340 e. The monoisotopic (exact) mass is 567 g/mol. The van der Waals surface area contributed by atoms with Gasteiger partial charge in [-0.05, 0) is 29.3 Å². The first-order valence-corrected chi connectivity index (χ1v) is 18.2. The van der Waals surface area contributed by atoms with Crippen molar-refractivity contribution in [1.29, 1.82) is 0 Å². The molecule has 17 heteroatoms. The summed E-state index contributed by atoms with van der Waals surface area (Å²) < 4.78 is 35.2. The molecule has 1 unspecified atom stereocenters. The second kappa shape index (κ2) is 9.60. The van der Waals surface area contributed by atoms with Gasteiger partial charge in [-0.15, -0.1) is 0 Å². The molecular formula is C18H28ClN5O8P2Si. The highest BCUT2D eigenvalue weighted by Crippen LogP contribution is 2.55. The Balaban J connectivity index is 1.56. The van der Waals surface area contributed by atoms with Crippen LogP contribution in [0, 0.1) is 0 Å². The molecule has 4 heterocycles. The zero-order valence-corrected chi connectivity index (χ0v) is 22.7. The number of imidazole rings is 1. The number of aliphatic hydroxyl groups is 1. The molecule has 0 aromatic carbocycles. The van der Waals surface area contributed by atoms with Crippen molar-refractivity contribution in [2.45, 2.75) is 43.6 Å². The van der Waals surface area contributed by atoms with E-state index in [1.807, 2.05) is 0 Å². The fraction of sp³-hybridized carbons (Fsp3) is 0.611. The van der Waals surface area contributed by atoms with Crippen molar-refractivity contribution in [3.63, 3.8) is 0 Å². The van der Waals surface area contributed by atoms with E-state index >= 15 is 0 Å². The third-order valence-electron chi connectivity index (χ3n) is 6.22. The fourth-order valence-electron chi connectivity index (χ4n) is 4.13. The lowest BCUT2D eigenvalue weighted by molar-refractivity contribution is -0.0462. The van der Waals surface area contributed by atoms with Crippen molar-refractivity contribution in [3.8, 4) is 0 Å². The van der Waals surface area contributed by atoms with Crippen LogP contribution in [0.15, 0.2) is 18.5 Å². The van der Waals surface area contributed by atoms with Gasteiger partial charge < -0.3 is 33.9 Å². The van der Waals surface area contributed by atoms with Crippen LogP contribution < -0.4 is 4.90 Å². The molecule has 2 aromatic heterocycles. The molecule has 0 spiro atoms. The highest BCUT2D eigenvalue weighted by atomic mass is 35.5. The molecule has 4 N–H and O–H groups in total. The number of rotatable bonds is 7. The molecule has 0 saturated carbocycles. The van der Waals surface area contributed by atoms with Gasteiger partial charge in [-0.1, -0.05) is 19.7 Å². The van der Waals surface area contributed by atoms with E-state index in [4.69, 9.17) is 30.6 Å². The number of hydrogen-bond donors (Lipinski definition) is 4. The average Bonchev–Trinajstić information content (AvgIpc) is 3.25. The van der Waals surface area contributed by atoms with Gasteiger partial charge in [-0.2, -0.15) is 9.97 Å². The van der Waals surface area contributed by atoms with Crippen molar-refractivity contribution in [3.05, 3.63) is 23.8 Å². The van der Waals surface area contributed by atoms with E-state index in [0.29, 0.717) is 17.0 Å². The van der Waals surface area contributed by atoms with Crippen LogP contribution >= 0.6 is 26.8 Å². The summed E-state index contributed by atoms with van der Waals surface area (Å²) in [6.07, 6.45) is -1.85. The van der Waals surface area contributed by atoms with Gasteiger partial charge in [-0.25, -0.2) is 4.98 Å². The Morgan fingerprint density at radius 1 is 1.26 bits per heavy atom. The number of halogens is 1. The van der Waals surface area contributed by atoms with Gasteiger partial charge in [0.25, 0.3) is 0 Å². The number of nitrogens with zero attached hydrogens (tertiary/aromatic N) is 5. The summed E-state index contributed by atoms with van der Waals surface area (Å²) in [4.78, 5) is 42.9. The SMILES string of the molecule is C=C1[C@@H](O)[C@H](n2cnc3c(N4CC[Si](C)(C)CC4)nc(Cl)nc32)O[C@@H]1COP(=O)(O)CP(=O)(O)O. The van der Waals surface area contributed by atoms with E-state index in [9.17, 15) is 19.1 Å². The quantitative estimate of drug-likeness (QED) is 0.166. The molecule has 2 aliphatic rings. The lowest BCUT2D eigenvalue weighted by Gasteiger charge is -2.36. The standard InChI is InChI=1S/C18H28ClN5O8P2Si/c1-11-12(8-31-34(29,30)10-33(26,27)28)32-17(14(11)25)24-9-20-13-15(21-18(19)22-16(13)24)23-4-6-35(2,3)7-5-23/h9,12,14,17,25H,1,4-8,10H2,2-3H3,(H,29,30)(H2,26,27,28)/t12-,14-,17-/m1/s1. The van der Waals surface area contributed by atoms with E-state index in [1.165, 1.54) is 10.9 Å². The number of ether oxygens (including phenoxy) is 1. The minimum absolute atomic E-state index is 0.0150. The summed E-state index contributed by atoms with van der Waals surface area (Å²) in [6.45, 7) is 9.62. The second-order valence-corrected chi connectivity index (χ2v) is 19.2. The van der Waals surface area contributed by atoms with Crippen LogP contribution in [0.2, 0.25) is 30.5 Å². The van der Waals surface area contributed by atoms with E-state index < -0.39 is 54.2 Å². The summed E-state index contributed by atoms with van der Waals surface area (Å²) in [6, 6.07) is 2.22. The largest absolute Gasteiger partial charge is 0.384 e. The molecule has 194 valence electrons. The van der Waals surface area contributed by atoms with Crippen LogP contribution in [0.4, 0.5) is 5.82 Å². The predicted octanol–water partition coefficient (Wildman–Crippen LogP) is 2.16. The summed E-state index contributed by atoms with van der Waals surface area (Å²) in [5, 5.41) is 10.8. The maximum atomic E-state index is 12.0. The lowest BCUT2D eigenvalue weighted by Crippen LogP contribution is -2.43. The number of anilines is 1. The van der Waals surface area contributed by atoms with Gasteiger partial charge in [0.15, 0.2) is 29.1 Å². The highest BCUT2D eigenvalue weighted by Gasteiger charge is 2.42. The highest BCUT2D eigenvalue weighted by molar-refractivity contribution is 7.70. The maximum absolute atomic E-state index is 12.0. The summed E-state index contributed by atoms with van der Waals surface area (Å²) in [5.74, 6) is -0.723. The first-order chi connectivity index (χ1) is 16.2. The van der Waals surface area contributed by atoms with Crippen LogP contribution in [0.25, 0.3) is 11.2 Å². The van der Waals surface area contributed by atoms with Gasteiger partial charge in [-0.3, -0.25) is 13.7 Å². The number of hydrogen-bond acceptors (Lipinski definition) is 9. The molecule has 4 rings (SSSR count). The summed E-state index contributed by atoms with van der Waals surface area (Å²) in [5.41, 5.74) is 1.00. The predicted molar refractivity (Wildman–Crippen MR) is 131 cm³/mol. The van der Waals surface area contributed by atoms with Crippen molar-refractivity contribution < 1.29 is 38.2 Å². The lowest BCUT2D eigenvalue weighted by atomic mass is 10.1. The number of aromatic nitrogens is 4. The minimum Gasteiger partial charge on any atom is -0.384 e. The second-order valence-electron chi connectivity index (χ2n) is 9.57. The summed E-state index contributed by atoms with van der Waals surface area (Å²) in [7, 11) is -10.6. The van der Waals surface area contributed by atoms with Crippen LogP contribution in [0.3, 0.4) is 0 Å². The van der Waals surface area contributed by atoms with Crippen molar-refractivity contribution in [2.75, 3.05) is 30.5 Å². The minimum atomic E-state index is -4.78. The summed E-state index contributed by atoms with van der Waals surface area (Å²) >= 11 is 6.24. The molecule has 0 radical (unpaired) electrons. The number of fused-ring (bicyclic) bond motifs is 1. The van der Waals surface area contributed by atoms with Crippen molar-refractivity contribution in [2.24, 2.45) is 0 Å². The van der Waals surface area contributed by atoms with Crippen LogP contribution in [-0.2, 0) is 18.4 Å².